The first kappa shape index (κ1) is 20.3. The van der Waals surface area contributed by atoms with Crippen molar-refractivity contribution in [2.75, 3.05) is 6.61 Å². The van der Waals surface area contributed by atoms with E-state index in [0.717, 1.165) is 21.6 Å². The van der Waals surface area contributed by atoms with Crippen LogP contribution in [-0.4, -0.2) is 34.4 Å². The molecule has 0 bridgehead atoms. The molecule has 1 aliphatic heterocycles. The average molecular weight is 415 g/mol. The monoisotopic (exact) mass is 415 g/mol. The van der Waals surface area contributed by atoms with Gasteiger partial charge in [0.15, 0.2) is 0 Å². The number of carbonyl (C=O) groups excluding carboxylic acids is 2. The maximum absolute atomic E-state index is 13.2. The van der Waals surface area contributed by atoms with Crippen LogP contribution >= 0.6 is 0 Å². The van der Waals surface area contributed by atoms with Gasteiger partial charge in [0.05, 0.1) is 22.7 Å². The fourth-order valence-electron chi connectivity index (χ4n) is 3.65. The van der Waals surface area contributed by atoms with Gasteiger partial charge in [-0.2, -0.15) is 0 Å². The molecule has 31 heavy (non-hydrogen) atoms. The molecular formula is C25H21NO5. The fourth-order valence-corrected chi connectivity index (χ4v) is 3.65. The Morgan fingerprint density at radius 3 is 2.29 bits per heavy atom. The molecule has 4 rings (SSSR count). The number of aromatic carboxylic acids is 1. The highest BCUT2D eigenvalue weighted by molar-refractivity contribution is 6.22. The number of aryl methyl sites for hydroxylation is 2. The van der Waals surface area contributed by atoms with Gasteiger partial charge in [-0.25, -0.2) is 4.79 Å². The van der Waals surface area contributed by atoms with E-state index in [4.69, 9.17) is 4.74 Å². The second kappa shape index (κ2) is 8.07. The summed E-state index contributed by atoms with van der Waals surface area (Å²) in [4.78, 5) is 38.7. The Balaban J connectivity index is 1.68. The zero-order valence-corrected chi connectivity index (χ0v) is 17.2. The molecule has 1 aliphatic rings. The number of hydrogen-bond acceptors (Lipinski definition) is 4. The lowest BCUT2D eigenvalue weighted by atomic mass is 10.1. The lowest BCUT2D eigenvalue weighted by Gasteiger charge is -2.27. The lowest BCUT2D eigenvalue weighted by Crippen LogP contribution is -2.37. The van der Waals surface area contributed by atoms with Crippen LogP contribution in [0, 0.1) is 13.8 Å². The summed E-state index contributed by atoms with van der Waals surface area (Å²) >= 11 is 0. The van der Waals surface area contributed by atoms with Crippen LogP contribution in [0.3, 0.4) is 0 Å². The number of carbonyl (C=O) groups is 3. The molecule has 0 aromatic heterocycles. The van der Waals surface area contributed by atoms with E-state index >= 15 is 0 Å². The van der Waals surface area contributed by atoms with Gasteiger partial charge in [-0.1, -0.05) is 36.4 Å². The minimum absolute atomic E-state index is 0.0376. The molecule has 1 N–H and O–H groups in total. The highest BCUT2D eigenvalue weighted by Crippen LogP contribution is 2.33. The van der Waals surface area contributed by atoms with Gasteiger partial charge in [0.25, 0.3) is 11.8 Å². The molecule has 6 nitrogen and oxygen atoms in total. The van der Waals surface area contributed by atoms with Crippen LogP contribution in [0.5, 0.6) is 5.75 Å². The third-order valence-electron chi connectivity index (χ3n) is 5.55. The standard InChI is InChI=1S/C25H21NO5/c1-15-8-10-19(12-16(15)2)31-14-22(17-6-4-3-5-7-17)26-23(27)20-11-9-18(25(29)30)13-21(20)24(26)28/h3-13,22H,14H2,1-2H3,(H,29,30). The van der Waals surface area contributed by atoms with Crippen molar-refractivity contribution >= 4 is 17.8 Å². The number of ether oxygens (including phenoxy) is 1. The summed E-state index contributed by atoms with van der Waals surface area (Å²) in [5.41, 5.74) is 3.22. The van der Waals surface area contributed by atoms with Gasteiger partial charge in [0.1, 0.15) is 12.4 Å². The molecule has 1 unspecified atom stereocenters. The Morgan fingerprint density at radius 2 is 1.61 bits per heavy atom. The third kappa shape index (κ3) is 3.80. The summed E-state index contributed by atoms with van der Waals surface area (Å²) in [7, 11) is 0. The molecule has 3 aromatic carbocycles. The van der Waals surface area contributed by atoms with Gasteiger partial charge in [-0.3, -0.25) is 14.5 Å². The van der Waals surface area contributed by atoms with Crippen molar-refractivity contribution in [3.63, 3.8) is 0 Å². The Kier molecular flexibility index (Phi) is 5.29. The van der Waals surface area contributed by atoms with E-state index in [1.807, 2.05) is 62.4 Å². The molecule has 6 heteroatoms. The highest BCUT2D eigenvalue weighted by Gasteiger charge is 2.41. The molecule has 0 fully saturated rings. The number of rotatable bonds is 6. The van der Waals surface area contributed by atoms with E-state index in [1.165, 1.54) is 18.2 Å². The molecular weight excluding hydrogens is 394 g/mol. The zero-order valence-electron chi connectivity index (χ0n) is 17.2. The van der Waals surface area contributed by atoms with Crippen molar-refractivity contribution in [3.05, 3.63) is 100 Å². The molecule has 0 saturated heterocycles. The Hall–Kier alpha value is -3.93. The number of fused-ring (bicyclic) bond motifs is 1. The van der Waals surface area contributed by atoms with Crippen LogP contribution < -0.4 is 4.74 Å². The van der Waals surface area contributed by atoms with E-state index in [0.29, 0.717) is 5.75 Å². The second-order valence-corrected chi connectivity index (χ2v) is 7.53. The Morgan fingerprint density at radius 1 is 0.903 bits per heavy atom. The predicted molar refractivity (Wildman–Crippen MR) is 114 cm³/mol. The number of amides is 2. The zero-order chi connectivity index (χ0) is 22.1. The largest absolute Gasteiger partial charge is 0.491 e. The van der Waals surface area contributed by atoms with E-state index in [1.54, 1.807) is 0 Å². The first-order chi connectivity index (χ1) is 14.9. The summed E-state index contributed by atoms with van der Waals surface area (Å²) in [6.45, 7) is 4.07. The molecule has 1 atom stereocenters. The molecule has 0 spiro atoms. The van der Waals surface area contributed by atoms with Crippen LogP contribution in [0.2, 0.25) is 0 Å². The van der Waals surface area contributed by atoms with Gasteiger partial charge >= 0.3 is 5.97 Å². The Bertz CT molecular complexity index is 1190. The summed E-state index contributed by atoms with van der Waals surface area (Å²) in [5, 5.41) is 9.24. The maximum atomic E-state index is 13.2. The average Bonchev–Trinajstić information content (AvgIpc) is 3.02. The number of imide groups is 1. The highest BCUT2D eigenvalue weighted by atomic mass is 16.5. The van der Waals surface area contributed by atoms with E-state index in [9.17, 15) is 19.5 Å². The lowest BCUT2D eigenvalue weighted by molar-refractivity contribution is 0.0529. The quantitative estimate of drug-likeness (QED) is 0.603. The van der Waals surface area contributed by atoms with E-state index in [-0.39, 0.29) is 23.3 Å². The maximum Gasteiger partial charge on any atom is 0.335 e. The molecule has 0 aliphatic carbocycles. The topological polar surface area (TPSA) is 83.9 Å². The molecule has 3 aromatic rings. The van der Waals surface area contributed by atoms with Crippen molar-refractivity contribution in [1.82, 2.24) is 4.90 Å². The van der Waals surface area contributed by atoms with Crippen LogP contribution in [0.15, 0.2) is 66.7 Å². The molecule has 2 amide bonds. The SMILES string of the molecule is Cc1ccc(OCC(c2ccccc2)N2C(=O)c3ccc(C(=O)O)cc3C2=O)cc1C. The van der Waals surface area contributed by atoms with Crippen molar-refractivity contribution in [3.8, 4) is 5.75 Å². The number of nitrogens with zero attached hydrogens (tertiary/aromatic N) is 1. The Labute approximate surface area is 179 Å². The van der Waals surface area contributed by atoms with Crippen LogP contribution in [0.4, 0.5) is 0 Å². The van der Waals surface area contributed by atoms with Gasteiger partial charge in [0, 0.05) is 0 Å². The van der Waals surface area contributed by atoms with Gasteiger partial charge in [0.2, 0.25) is 0 Å². The van der Waals surface area contributed by atoms with Gasteiger partial charge < -0.3 is 9.84 Å². The molecule has 1 heterocycles. The summed E-state index contributed by atoms with van der Waals surface area (Å²) < 4.78 is 5.99. The summed E-state index contributed by atoms with van der Waals surface area (Å²) in [6.07, 6.45) is 0. The number of benzene rings is 3. The van der Waals surface area contributed by atoms with E-state index < -0.39 is 23.8 Å². The van der Waals surface area contributed by atoms with Gasteiger partial charge in [-0.05, 0) is 60.9 Å². The smallest absolute Gasteiger partial charge is 0.335 e. The number of hydrogen-bond donors (Lipinski definition) is 1. The van der Waals surface area contributed by atoms with Gasteiger partial charge in [-0.15, -0.1) is 0 Å². The minimum atomic E-state index is -1.15. The summed E-state index contributed by atoms with van der Waals surface area (Å²) in [6, 6.07) is 18.2. The third-order valence-corrected chi connectivity index (χ3v) is 5.55. The van der Waals surface area contributed by atoms with E-state index in [2.05, 4.69) is 0 Å². The molecule has 156 valence electrons. The molecule has 0 radical (unpaired) electrons. The van der Waals surface area contributed by atoms with Crippen LogP contribution in [-0.2, 0) is 0 Å². The van der Waals surface area contributed by atoms with Crippen molar-refractivity contribution in [2.24, 2.45) is 0 Å². The number of carboxylic acid groups (broad SMARTS) is 1. The second-order valence-electron chi connectivity index (χ2n) is 7.53. The van der Waals surface area contributed by atoms with Crippen molar-refractivity contribution in [1.29, 1.82) is 0 Å². The van der Waals surface area contributed by atoms with Crippen LogP contribution in [0.25, 0.3) is 0 Å². The fraction of sp³-hybridized carbons (Fsp3) is 0.160. The summed E-state index contributed by atoms with van der Waals surface area (Å²) in [5.74, 6) is -1.50. The first-order valence-corrected chi connectivity index (χ1v) is 9.87. The number of carboxylic acids is 1. The predicted octanol–water partition coefficient (Wildman–Crippen LogP) is 4.42. The minimum Gasteiger partial charge on any atom is -0.491 e. The van der Waals surface area contributed by atoms with Crippen LogP contribution in [0.1, 0.15) is 53.8 Å². The van der Waals surface area contributed by atoms with Crippen molar-refractivity contribution < 1.29 is 24.2 Å². The first-order valence-electron chi connectivity index (χ1n) is 9.87. The molecule has 0 saturated carbocycles. The normalized spacial score (nSPS) is 13.8. The van der Waals surface area contributed by atoms with Crippen molar-refractivity contribution in [2.45, 2.75) is 19.9 Å².